The van der Waals surface area contributed by atoms with Crippen molar-refractivity contribution in [2.75, 3.05) is 0 Å². The molecule has 66 valence electrons. The van der Waals surface area contributed by atoms with Crippen molar-refractivity contribution in [2.24, 2.45) is 9.98 Å². The van der Waals surface area contributed by atoms with Gasteiger partial charge >= 0.3 is 0 Å². The van der Waals surface area contributed by atoms with E-state index in [-0.39, 0.29) is 12.1 Å². The van der Waals surface area contributed by atoms with E-state index < -0.39 is 0 Å². The van der Waals surface area contributed by atoms with Gasteiger partial charge in [-0.05, 0) is 19.8 Å². The maximum atomic E-state index is 9.91. The predicted molar refractivity (Wildman–Crippen MR) is 44.4 cm³/mol. The van der Waals surface area contributed by atoms with Crippen molar-refractivity contribution < 1.29 is 9.59 Å². The first-order valence-corrected chi connectivity index (χ1v) is 3.88. The van der Waals surface area contributed by atoms with Crippen LogP contribution in [0.3, 0.4) is 0 Å². The van der Waals surface area contributed by atoms with E-state index in [9.17, 15) is 9.59 Å². The van der Waals surface area contributed by atoms with Crippen molar-refractivity contribution in [1.82, 2.24) is 0 Å². The van der Waals surface area contributed by atoms with Crippen LogP contribution in [0, 0.1) is 0 Å². The fourth-order valence-electron chi connectivity index (χ4n) is 0.922. The average Bonchev–Trinajstić information content (AvgIpc) is 2.04. The molecule has 0 aliphatic rings. The van der Waals surface area contributed by atoms with Crippen LogP contribution < -0.4 is 0 Å². The molecule has 2 atom stereocenters. The third kappa shape index (κ3) is 4.56. The summed E-state index contributed by atoms with van der Waals surface area (Å²) in [6.45, 7) is 3.71. The minimum Gasteiger partial charge on any atom is -0.211 e. The van der Waals surface area contributed by atoms with Crippen molar-refractivity contribution in [2.45, 2.75) is 38.8 Å². The van der Waals surface area contributed by atoms with E-state index in [1.54, 1.807) is 6.92 Å². The summed E-state index contributed by atoms with van der Waals surface area (Å²) in [5, 5.41) is 0. The van der Waals surface area contributed by atoms with Gasteiger partial charge in [0.05, 0.1) is 12.1 Å². The second-order valence-corrected chi connectivity index (χ2v) is 2.59. The maximum absolute atomic E-state index is 9.91. The van der Waals surface area contributed by atoms with Gasteiger partial charge in [0.25, 0.3) is 0 Å². The fraction of sp³-hybridized carbons (Fsp3) is 0.750. The summed E-state index contributed by atoms with van der Waals surface area (Å²) in [4.78, 5) is 26.8. The highest BCUT2D eigenvalue weighted by Gasteiger charge is 2.08. The van der Waals surface area contributed by atoms with Gasteiger partial charge in [-0.1, -0.05) is 6.92 Å². The molecule has 2 unspecified atom stereocenters. The molecule has 0 saturated heterocycles. The Kier molecular flexibility index (Phi) is 5.80. The molecule has 0 aromatic heterocycles. The highest BCUT2D eigenvalue weighted by atomic mass is 16.1. The Morgan fingerprint density at radius 3 is 2.25 bits per heavy atom. The lowest BCUT2D eigenvalue weighted by Gasteiger charge is -2.08. The largest absolute Gasteiger partial charge is 0.235 e. The standard InChI is InChI=1S/C8H12N2O2/c1-3-8(10-6-12)4-7(2)9-5-11/h7-8H,3-4H2,1-2H3. The van der Waals surface area contributed by atoms with Crippen LogP contribution in [0.2, 0.25) is 0 Å². The lowest BCUT2D eigenvalue weighted by atomic mass is 10.1. The van der Waals surface area contributed by atoms with Crippen LogP contribution in [0.1, 0.15) is 26.7 Å². The van der Waals surface area contributed by atoms with Crippen LogP contribution in [0.25, 0.3) is 0 Å². The molecule has 0 aromatic rings. The van der Waals surface area contributed by atoms with Gasteiger partial charge in [-0.25, -0.2) is 19.6 Å². The summed E-state index contributed by atoms with van der Waals surface area (Å²) < 4.78 is 0. The number of isocyanates is 2. The minimum absolute atomic E-state index is 0.0744. The second kappa shape index (κ2) is 6.47. The number of hydrogen-bond acceptors (Lipinski definition) is 4. The zero-order valence-electron chi connectivity index (χ0n) is 7.28. The summed E-state index contributed by atoms with van der Waals surface area (Å²) in [7, 11) is 0. The van der Waals surface area contributed by atoms with Gasteiger partial charge in [0, 0.05) is 0 Å². The molecule has 0 rings (SSSR count). The molecule has 12 heavy (non-hydrogen) atoms. The van der Waals surface area contributed by atoms with Gasteiger partial charge in [0.2, 0.25) is 12.2 Å². The average molecular weight is 168 g/mol. The quantitative estimate of drug-likeness (QED) is 0.457. The maximum Gasteiger partial charge on any atom is 0.235 e. The lowest BCUT2D eigenvalue weighted by molar-refractivity contribution is 0.513. The Balaban J connectivity index is 4.00. The molecule has 0 N–H and O–H groups in total. The topological polar surface area (TPSA) is 58.9 Å². The molecule has 4 nitrogen and oxygen atoms in total. The molecule has 0 saturated carbocycles. The first-order valence-electron chi connectivity index (χ1n) is 3.88. The number of carbonyl (C=O) groups excluding carboxylic acids is 2. The van der Waals surface area contributed by atoms with Crippen molar-refractivity contribution in [1.29, 1.82) is 0 Å². The number of hydrogen-bond donors (Lipinski definition) is 0. The summed E-state index contributed by atoms with van der Waals surface area (Å²) in [5.41, 5.74) is 0. The number of aliphatic imine (C=N–C) groups is 2. The molecule has 0 fully saturated rings. The predicted octanol–water partition coefficient (Wildman–Crippen LogP) is 1.22. The van der Waals surface area contributed by atoms with Gasteiger partial charge in [-0.2, -0.15) is 0 Å². The van der Waals surface area contributed by atoms with Crippen molar-refractivity contribution in [3.05, 3.63) is 0 Å². The van der Waals surface area contributed by atoms with Crippen molar-refractivity contribution >= 4 is 12.2 Å². The Hall–Kier alpha value is -1.24. The molecule has 0 aromatic carbocycles. The molecular formula is C8H12N2O2. The van der Waals surface area contributed by atoms with Gasteiger partial charge in [-0.3, -0.25) is 0 Å². The summed E-state index contributed by atoms with van der Waals surface area (Å²) in [6.07, 6.45) is 4.33. The van der Waals surface area contributed by atoms with Crippen LogP contribution in [-0.4, -0.2) is 24.2 Å². The highest BCUT2D eigenvalue weighted by molar-refractivity contribution is 5.34. The van der Waals surface area contributed by atoms with Crippen LogP contribution in [0.4, 0.5) is 0 Å². The molecule has 0 aliphatic heterocycles. The molecule has 0 heterocycles. The van der Waals surface area contributed by atoms with E-state index in [2.05, 4.69) is 9.98 Å². The van der Waals surface area contributed by atoms with E-state index in [4.69, 9.17) is 0 Å². The minimum atomic E-state index is -0.121. The molecule has 0 spiro atoms. The van der Waals surface area contributed by atoms with Crippen molar-refractivity contribution in [3.8, 4) is 0 Å². The highest BCUT2D eigenvalue weighted by Crippen LogP contribution is 2.07. The fourth-order valence-corrected chi connectivity index (χ4v) is 0.922. The SMILES string of the molecule is CCC(CC(C)N=C=O)N=C=O. The van der Waals surface area contributed by atoms with Gasteiger partial charge in [-0.15, -0.1) is 0 Å². The first kappa shape index (κ1) is 10.8. The van der Waals surface area contributed by atoms with Gasteiger partial charge < -0.3 is 0 Å². The van der Waals surface area contributed by atoms with Crippen LogP contribution in [-0.2, 0) is 9.59 Å². The molecule has 0 amide bonds. The monoisotopic (exact) mass is 168 g/mol. The smallest absolute Gasteiger partial charge is 0.211 e. The van der Waals surface area contributed by atoms with E-state index in [0.29, 0.717) is 6.42 Å². The molecular weight excluding hydrogens is 156 g/mol. The number of rotatable bonds is 5. The number of nitrogens with zero attached hydrogens (tertiary/aromatic N) is 2. The first-order chi connectivity index (χ1) is 5.74. The Labute approximate surface area is 71.4 Å². The third-order valence-electron chi connectivity index (χ3n) is 1.59. The van der Waals surface area contributed by atoms with Crippen molar-refractivity contribution in [3.63, 3.8) is 0 Å². The Bertz CT molecular complexity index is 215. The Morgan fingerprint density at radius 2 is 1.83 bits per heavy atom. The van der Waals surface area contributed by atoms with E-state index >= 15 is 0 Å². The normalized spacial score (nSPS) is 13.8. The Morgan fingerprint density at radius 1 is 1.25 bits per heavy atom. The summed E-state index contributed by atoms with van der Waals surface area (Å²) in [6, 6.07) is -0.195. The molecule has 0 aliphatic carbocycles. The van der Waals surface area contributed by atoms with Crippen LogP contribution in [0.15, 0.2) is 9.98 Å². The van der Waals surface area contributed by atoms with Gasteiger partial charge in [0.1, 0.15) is 0 Å². The summed E-state index contributed by atoms with van der Waals surface area (Å²) in [5.74, 6) is 0. The van der Waals surface area contributed by atoms with E-state index in [1.165, 1.54) is 12.2 Å². The third-order valence-corrected chi connectivity index (χ3v) is 1.59. The summed E-state index contributed by atoms with van der Waals surface area (Å²) >= 11 is 0. The van der Waals surface area contributed by atoms with E-state index in [0.717, 1.165) is 6.42 Å². The zero-order chi connectivity index (χ0) is 9.40. The zero-order valence-corrected chi connectivity index (χ0v) is 7.28. The van der Waals surface area contributed by atoms with Crippen LogP contribution in [0.5, 0.6) is 0 Å². The molecule has 0 bridgehead atoms. The molecule has 4 heteroatoms. The lowest BCUT2D eigenvalue weighted by Crippen LogP contribution is -2.10. The molecule has 0 radical (unpaired) electrons. The second-order valence-electron chi connectivity index (χ2n) is 2.59. The van der Waals surface area contributed by atoms with E-state index in [1.807, 2.05) is 6.92 Å². The van der Waals surface area contributed by atoms with Crippen LogP contribution >= 0.6 is 0 Å². The van der Waals surface area contributed by atoms with Gasteiger partial charge in [0.15, 0.2) is 0 Å².